The maximum atomic E-state index is 5.60. The van der Waals surface area contributed by atoms with Crippen molar-refractivity contribution < 1.29 is 5.48 Å². The van der Waals surface area contributed by atoms with Crippen molar-refractivity contribution in [1.29, 1.82) is 0 Å². The largest absolute Gasteiger partial charge is 0.412 e. The molecule has 4 N–H and O–H groups in total. The summed E-state index contributed by atoms with van der Waals surface area (Å²) in [6.45, 7) is 2.28. The molecule has 0 aliphatic heterocycles. The Balaban J connectivity index is 0. The van der Waals surface area contributed by atoms with Crippen LogP contribution in [0, 0.1) is 0 Å². The summed E-state index contributed by atoms with van der Waals surface area (Å²) >= 11 is 4.19. The normalized spacial score (nSPS) is 12.2. The first-order valence-corrected chi connectivity index (χ1v) is 8.72. The van der Waals surface area contributed by atoms with Gasteiger partial charge in [-0.05, 0) is 6.42 Å². The Hall–Kier alpha value is 0.270. The third-order valence-electron chi connectivity index (χ3n) is 3.60. The van der Waals surface area contributed by atoms with Crippen molar-refractivity contribution in [1.82, 2.24) is 0 Å². The minimum atomic E-state index is 0. The monoisotopic (exact) mass is 291 g/mol. The molecule has 0 saturated carbocycles. The van der Waals surface area contributed by atoms with Crippen molar-refractivity contribution in [2.45, 2.75) is 102 Å². The van der Waals surface area contributed by atoms with Crippen LogP contribution in [0.5, 0.6) is 0 Å². The van der Waals surface area contributed by atoms with Crippen molar-refractivity contribution in [3.8, 4) is 0 Å². The van der Waals surface area contributed by atoms with Gasteiger partial charge in [0.25, 0.3) is 0 Å². The van der Waals surface area contributed by atoms with Gasteiger partial charge in [-0.3, -0.25) is 0 Å². The van der Waals surface area contributed by atoms with E-state index >= 15 is 0 Å². The van der Waals surface area contributed by atoms with Gasteiger partial charge in [0, 0.05) is 5.37 Å². The van der Waals surface area contributed by atoms with Gasteiger partial charge in [-0.1, -0.05) is 90.4 Å². The Morgan fingerprint density at radius 2 is 1.00 bits per heavy atom. The lowest BCUT2D eigenvalue weighted by molar-refractivity contribution is 0.535. The highest BCUT2D eigenvalue weighted by Gasteiger charge is 1.96. The summed E-state index contributed by atoms with van der Waals surface area (Å²) in [7, 11) is 0. The van der Waals surface area contributed by atoms with Gasteiger partial charge in [0.15, 0.2) is 0 Å². The smallest absolute Gasteiger partial charge is 0.0477 e. The van der Waals surface area contributed by atoms with E-state index in [9.17, 15) is 0 Å². The van der Waals surface area contributed by atoms with Crippen molar-refractivity contribution in [2.75, 3.05) is 0 Å². The molecule has 1 atom stereocenters. The van der Waals surface area contributed by atoms with Crippen LogP contribution in [-0.2, 0) is 0 Å². The van der Waals surface area contributed by atoms with Gasteiger partial charge in [0.1, 0.15) is 0 Å². The number of thiol groups is 1. The molecule has 0 spiro atoms. The molecule has 118 valence electrons. The fourth-order valence-electron chi connectivity index (χ4n) is 2.37. The van der Waals surface area contributed by atoms with Gasteiger partial charge in [-0.25, -0.2) is 0 Å². The molecule has 19 heavy (non-hydrogen) atoms. The number of rotatable bonds is 14. The van der Waals surface area contributed by atoms with E-state index in [1.807, 2.05) is 0 Å². The highest BCUT2D eigenvalue weighted by molar-refractivity contribution is 7.80. The van der Waals surface area contributed by atoms with Crippen LogP contribution in [0.1, 0.15) is 96.8 Å². The maximum absolute atomic E-state index is 5.60. The Labute approximate surface area is 126 Å². The van der Waals surface area contributed by atoms with Gasteiger partial charge in [-0.2, -0.15) is 12.6 Å². The Morgan fingerprint density at radius 1 is 0.684 bits per heavy atom. The van der Waals surface area contributed by atoms with Crippen LogP contribution in [0.4, 0.5) is 0 Å². The molecule has 0 saturated heterocycles. The third kappa shape index (κ3) is 20.7. The zero-order valence-electron chi connectivity index (χ0n) is 13.0. The van der Waals surface area contributed by atoms with Crippen LogP contribution in [0.3, 0.4) is 0 Å². The molecular formula is C16H37NOS. The fourth-order valence-corrected chi connectivity index (χ4v) is 2.55. The molecule has 0 aromatic heterocycles. The van der Waals surface area contributed by atoms with Crippen LogP contribution in [0.25, 0.3) is 0 Å². The number of hydrogen-bond acceptors (Lipinski definition) is 2. The second-order valence-corrected chi connectivity index (χ2v) is 6.26. The van der Waals surface area contributed by atoms with Gasteiger partial charge in [0.2, 0.25) is 0 Å². The zero-order chi connectivity index (χ0) is 13.5. The molecule has 3 heteroatoms. The summed E-state index contributed by atoms with van der Waals surface area (Å²) in [5.74, 6) is 0. The Kier molecular flexibility index (Phi) is 20.7. The minimum absolute atomic E-state index is 0. The zero-order valence-corrected chi connectivity index (χ0v) is 13.9. The lowest BCUT2D eigenvalue weighted by Crippen LogP contribution is -2.10. The van der Waals surface area contributed by atoms with E-state index in [4.69, 9.17) is 5.73 Å². The number of hydrogen-bond donors (Lipinski definition) is 2. The molecule has 0 aliphatic rings. The highest BCUT2D eigenvalue weighted by atomic mass is 32.1. The van der Waals surface area contributed by atoms with Crippen LogP contribution >= 0.6 is 12.6 Å². The second kappa shape index (κ2) is 18.3. The first-order chi connectivity index (χ1) is 8.77. The third-order valence-corrected chi connectivity index (χ3v) is 3.86. The molecule has 0 heterocycles. The summed E-state index contributed by atoms with van der Waals surface area (Å²) in [6.07, 6.45) is 19.4. The van der Waals surface area contributed by atoms with E-state index in [-0.39, 0.29) is 10.9 Å². The van der Waals surface area contributed by atoms with Gasteiger partial charge < -0.3 is 11.2 Å². The Bertz CT molecular complexity index is 154. The van der Waals surface area contributed by atoms with E-state index in [0.29, 0.717) is 0 Å². The van der Waals surface area contributed by atoms with E-state index < -0.39 is 0 Å². The Morgan fingerprint density at radius 3 is 1.32 bits per heavy atom. The first kappa shape index (κ1) is 21.6. The molecule has 0 radical (unpaired) electrons. The SMILES string of the molecule is CCCCCCCCCCCCCCCC(N)S.O. The van der Waals surface area contributed by atoms with Crippen LogP contribution in [0.15, 0.2) is 0 Å². The van der Waals surface area contributed by atoms with Crippen LogP contribution in [-0.4, -0.2) is 10.9 Å². The molecule has 0 aromatic rings. The van der Waals surface area contributed by atoms with Gasteiger partial charge >= 0.3 is 0 Å². The molecule has 0 rings (SSSR count). The summed E-state index contributed by atoms with van der Waals surface area (Å²) in [5, 5.41) is 0.0951. The fraction of sp³-hybridized carbons (Fsp3) is 1.00. The first-order valence-electron chi connectivity index (χ1n) is 8.21. The molecule has 0 aromatic carbocycles. The molecular weight excluding hydrogens is 254 g/mol. The van der Waals surface area contributed by atoms with E-state index in [1.165, 1.54) is 83.5 Å². The van der Waals surface area contributed by atoms with Crippen molar-refractivity contribution in [2.24, 2.45) is 5.73 Å². The number of unbranched alkanes of at least 4 members (excludes halogenated alkanes) is 12. The molecule has 2 nitrogen and oxygen atoms in total. The summed E-state index contributed by atoms with van der Waals surface area (Å²) in [4.78, 5) is 0. The maximum Gasteiger partial charge on any atom is 0.0477 e. The van der Waals surface area contributed by atoms with E-state index in [1.54, 1.807) is 0 Å². The standard InChI is InChI=1S/C16H35NS.H2O/c1-2-3-4-5-6-7-8-9-10-11-12-13-14-15-16(17)18;/h16,18H,2-15,17H2,1H3;1H2. The predicted octanol–water partition coefficient (Wildman–Crippen LogP) is 4.86. The highest BCUT2D eigenvalue weighted by Crippen LogP contribution is 2.13. The predicted molar refractivity (Wildman–Crippen MR) is 90.9 cm³/mol. The average Bonchev–Trinajstić information content (AvgIpc) is 2.34. The van der Waals surface area contributed by atoms with E-state index in [2.05, 4.69) is 19.6 Å². The molecule has 1 unspecified atom stereocenters. The lowest BCUT2D eigenvalue weighted by Gasteiger charge is -2.04. The van der Waals surface area contributed by atoms with Crippen molar-refractivity contribution >= 4 is 12.6 Å². The summed E-state index contributed by atoms with van der Waals surface area (Å²) in [6, 6.07) is 0. The molecule has 0 amide bonds. The van der Waals surface area contributed by atoms with E-state index in [0.717, 1.165) is 6.42 Å². The van der Waals surface area contributed by atoms with Crippen molar-refractivity contribution in [3.05, 3.63) is 0 Å². The molecule has 0 aliphatic carbocycles. The minimum Gasteiger partial charge on any atom is -0.412 e. The van der Waals surface area contributed by atoms with Crippen molar-refractivity contribution in [3.63, 3.8) is 0 Å². The second-order valence-electron chi connectivity index (χ2n) is 5.60. The van der Waals surface area contributed by atoms with Gasteiger partial charge in [0.05, 0.1) is 0 Å². The molecule has 0 fully saturated rings. The van der Waals surface area contributed by atoms with Crippen LogP contribution < -0.4 is 5.73 Å². The summed E-state index contributed by atoms with van der Waals surface area (Å²) < 4.78 is 0. The average molecular weight is 292 g/mol. The van der Waals surface area contributed by atoms with Gasteiger partial charge in [-0.15, -0.1) is 0 Å². The van der Waals surface area contributed by atoms with Crippen LogP contribution in [0.2, 0.25) is 0 Å². The molecule has 0 bridgehead atoms. The quantitative estimate of drug-likeness (QED) is 0.268. The summed E-state index contributed by atoms with van der Waals surface area (Å²) in [5.41, 5.74) is 5.60. The number of nitrogens with two attached hydrogens (primary N) is 1. The topological polar surface area (TPSA) is 57.5 Å². The lowest BCUT2D eigenvalue weighted by atomic mass is 10.0.